The number of carbonyl (C=O) groups excluding carboxylic acids is 2. The summed E-state index contributed by atoms with van der Waals surface area (Å²) in [6, 6.07) is 21.9. The van der Waals surface area contributed by atoms with Crippen molar-refractivity contribution in [1.29, 1.82) is 0 Å². The van der Waals surface area contributed by atoms with Gasteiger partial charge < -0.3 is 15.8 Å². The lowest BCUT2D eigenvalue weighted by Crippen LogP contribution is -2.14. The van der Waals surface area contributed by atoms with Crippen LogP contribution < -0.4 is 15.8 Å². The number of carbonyl (C=O) groups is 2. The van der Waals surface area contributed by atoms with Crippen LogP contribution in [0, 0.1) is 0 Å². The predicted molar refractivity (Wildman–Crippen MR) is 119 cm³/mol. The number of hydrogen-bond donors (Lipinski definition) is 2. The zero-order chi connectivity index (χ0) is 21.7. The number of para-hydroxylation sites is 1. The van der Waals surface area contributed by atoms with Crippen molar-refractivity contribution in [3.8, 4) is 5.75 Å². The molecule has 0 aromatic heterocycles. The van der Waals surface area contributed by atoms with Crippen LogP contribution in [-0.4, -0.2) is 11.8 Å². The van der Waals surface area contributed by atoms with Gasteiger partial charge >= 0.3 is 0 Å². The SMILES string of the molecule is CC(C)(C)c1ccc(NC(=O)c2cccc(COc3ccccc3C(N)=O)c2)cc1. The lowest BCUT2D eigenvalue weighted by Gasteiger charge is -2.19. The van der Waals surface area contributed by atoms with Gasteiger partial charge in [0.05, 0.1) is 5.56 Å². The molecule has 0 bridgehead atoms. The number of benzene rings is 3. The van der Waals surface area contributed by atoms with Gasteiger partial charge in [0.1, 0.15) is 12.4 Å². The standard InChI is InChI=1S/C25H26N2O3/c1-25(2,3)19-11-13-20(14-12-19)27-24(29)18-8-6-7-17(15-18)16-30-22-10-5-4-9-21(22)23(26)28/h4-15H,16H2,1-3H3,(H2,26,28)(H,27,29). The first-order valence-corrected chi connectivity index (χ1v) is 9.76. The molecule has 3 aromatic rings. The minimum Gasteiger partial charge on any atom is -0.488 e. The molecule has 0 spiro atoms. The van der Waals surface area contributed by atoms with Crippen LogP contribution >= 0.6 is 0 Å². The van der Waals surface area contributed by atoms with Crippen LogP contribution in [-0.2, 0) is 12.0 Å². The summed E-state index contributed by atoms with van der Waals surface area (Å²) in [5, 5.41) is 2.92. The lowest BCUT2D eigenvalue weighted by atomic mass is 9.87. The van der Waals surface area contributed by atoms with Crippen LogP contribution in [0.5, 0.6) is 5.75 Å². The van der Waals surface area contributed by atoms with Gasteiger partial charge in [-0.05, 0) is 52.9 Å². The Bertz CT molecular complexity index is 1050. The molecule has 0 saturated carbocycles. The van der Waals surface area contributed by atoms with Crippen LogP contribution in [0.15, 0.2) is 72.8 Å². The fourth-order valence-electron chi connectivity index (χ4n) is 3.02. The maximum absolute atomic E-state index is 12.7. The van der Waals surface area contributed by atoms with Gasteiger partial charge in [-0.3, -0.25) is 9.59 Å². The summed E-state index contributed by atoms with van der Waals surface area (Å²) in [7, 11) is 0. The highest BCUT2D eigenvalue weighted by Crippen LogP contribution is 2.24. The van der Waals surface area contributed by atoms with E-state index in [4.69, 9.17) is 10.5 Å². The van der Waals surface area contributed by atoms with Gasteiger partial charge in [0.15, 0.2) is 0 Å². The van der Waals surface area contributed by atoms with Crippen molar-refractivity contribution in [2.75, 3.05) is 5.32 Å². The number of hydrogen-bond acceptors (Lipinski definition) is 3. The first-order chi connectivity index (χ1) is 14.2. The molecule has 154 valence electrons. The summed E-state index contributed by atoms with van der Waals surface area (Å²) >= 11 is 0. The van der Waals surface area contributed by atoms with Crippen LogP contribution in [0.3, 0.4) is 0 Å². The van der Waals surface area contributed by atoms with Gasteiger partial charge in [-0.1, -0.05) is 57.2 Å². The highest BCUT2D eigenvalue weighted by Gasteiger charge is 2.14. The summed E-state index contributed by atoms with van der Waals surface area (Å²) in [6.45, 7) is 6.66. The minimum atomic E-state index is -0.545. The Hall–Kier alpha value is -3.60. The van der Waals surface area contributed by atoms with E-state index in [9.17, 15) is 9.59 Å². The zero-order valence-electron chi connectivity index (χ0n) is 17.4. The number of amides is 2. The molecule has 3 rings (SSSR count). The average Bonchev–Trinajstić information content (AvgIpc) is 2.72. The maximum atomic E-state index is 12.7. The number of anilines is 1. The first-order valence-electron chi connectivity index (χ1n) is 9.76. The first kappa shape index (κ1) is 21.1. The van der Waals surface area contributed by atoms with Gasteiger partial charge in [-0.2, -0.15) is 0 Å². The molecule has 0 saturated heterocycles. The monoisotopic (exact) mass is 402 g/mol. The maximum Gasteiger partial charge on any atom is 0.255 e. The summed E-state index contributed by atoms with van der Waals surface area (Å²) in [5.74, 6) is -0.326. The third-order valence-corrected chi connectivity index (χ3v) is 4.74. The Balaban J connectivity index is 1.68. The summed E-state index contributed by atoms with van der Waals surface area (Å²) < 4.78 is 5.75. The van der Waals surface area contributed by atoms with E-state index in [0.29, 0.717) is 16.9 Å². The Morgan fingerprint density at radius 2 is 1.63 bits per heavy atom. The molecule has 5 nitrogen and oxygen atoms in total. The van der Waals surface area contributed by atoms with E-state index in [0.717, 1.165) is 11.3 Å². The van der Waals surface area contributed by atoms with Crippen molar-refractivity contribution >= 4 is 17.5 Å². The fraction of sp³-hybridized carbons (Fsp3) is 0.200. The molecule has 5 heteroatoms. The number of ether oxygens (including phenoxy) is 1. The summed E-state index contributed by atoms with van der Waals surface area (Å²) in [4.78, 5) is 24.2. The summed E-state index contributed by atoms with van der Waals surface area (Å²) in [6.07, 6.45) is 0. The Morgan fingerprint density at radius 1 is 0.933 bits per heavy atom. The van der Waals surface area contributed by atoms with E-state index >= 15 is 0 Å². The normalized spacial score (nSPS) is 11.0. The molecule has 3 aromatic carbocycles. The van der Waals surface area contributed by atoms with E-state index < -0.39 is 5.91 Å². The van der Waals surface area contributed by atoms with Gasteiger partial charge in [-0.15, -0.1) is 0 Å². The molecular formula is C25H26N2O3. The molecule has 30 heavy (non-hydrogen) atoms. The Labute approximate surface area is 176 Å². The number of nitrogens with one attached hydrogen (secondary N) is 1. The Morgan fingerprint density at radius 3 is 2.30 bits per heavy atom. The van der Waals surface area contributed by atoms with E-state index in [-0.39, 0.29) is 17.9 Å². The van der Waals surface area contributed by atoms with E-state index in [1.54, 1.807) is 42.5 Å². The van der Waals surface area contributed by atoms with Crippen molar-refractivity contribution < 1.29 is 14.3 Å². The van der Waals surface area contributed by atoms with E-state index in [1.807, 2.05) is 30.3 Å². The Kier molecular flexibility index (Phi) is 6.21. The van der Waals surface area contributed by atoms with Crippen molar-refractivity contribution in [3.05, 3.63) is 95.1 Å². The smallest absolute Gasteiger partial charge is 0.255 e. The van der Waals surface area contributed by atoms with E-state index in [2.05, 4.69) is 26.1 Å². The van der Waals surface area contributed by atoms with Crippen LogP contribution in [0.4, 0.5) is 5.69 Å². The van der Waals surface area contributed by atoms with Crippen molar-refractivity contribution in [1.82, 2.24) is 0 Å². The topological polar surface area (TPSA) is 81.4 Å². The van der Waals surface area contributed by atoms with Crippen molar-refractivity contribution in [3.63, 3.8) is 0 Å². The van der Waals surface area contributed by atoms with Crippen molar-refractivity contribution in [2.45, 2.75) is 32.8 Å². The largest absolute Gasteiger partial charge is 0.488 e. The highest BCUT2D eigenvalue weighted by molar-refractivity contribution is 6.04. The molecule has 0 heterocycles. The second-order valence-electron chi connectivity index (χ2n) is 8.13. The minimum absolute atomic E-state index is 0.0595. The molecule has 3 N–H and O–H groups in total. The van der Waals surface area contributed by atoms with Gasteiger partial charge in [0.25, 0.3) is 11.8 Å². The molecule has 0 unspecified atom stereocenters. The zero-order valence-corrected chi connectivity index (χ0v) is 17.4. The molecule has 0 radical (unpaired) electrons. The molecule has 0 aliphatic rings. The molecule has 0 fully saturated rings. The van der Waals surface area contributed by atoms with Crippen LogP contribution in [0.2, 0.25) is 0 Å². The predicted octanol–water partition coefficient (Wildman–Crippen LogP) is 4.91. The van der Waals surface area contributed by atoms with Gasteiger partial charge in [0.2, 0.25) is 0 Å². The number of nitrogens with two attached hydrogens (primary N) is 1. The lowest BCUT2D eigenvalue weighted by molar-refractivity contribution is 0.0994. The molecular weight excluding hydrogens is 376 g/mol. The van der Waals surface area contributed by atoms with Crippen LogP contribution in [0.25, 0.3) is 0 Å². The second kappa shape index (κ2) is 8.82. The van der Waals surface area contributed by atoms with Crippen LogP contribution in [0.1, 0.15) is 52.6 Å². The second-order valence-corrected chi connectivity index (χ2v) is 8.13. The van der Waals surface area contributed by atoms with Gasteiger partial charge in [0, 0.05) is 11.3 Å². The molecule has 0 atom stereocenters. The quantitative estimate of drug-likeness (QED) is 0.614. The summed E-state index contributed by atoms with van der Waals surface area (Å²) in [5.41, 5.74) is 9.05. The van der Waals surface area contributed by atoms with E-state index in [1.165, 1.54) is 5.56 Å². The molecule has 2 amide bonds. The highest BCUT2D eigenvalue weighted by atomic mass is 16.5. The fourth-order valence-corrected chi connectivity index (χ4v) is 3.02. The molecule has 0 aliphatic heterocycles. The average molecular weight is 402 g/mol. The van der Waals surface area contributed by atoms with Crippen molar-refractivity contribution in [2.24, 2.45) is 5.73 Å². The number of rotatable bonds is 6. The molecule has 0 aliphatic carbocycles. The number of primary amides is 1. The third-order valence-electron chi connectivity index (χ3n) is 4.74. The van der Waals surface area contributed by atoms with Gasteiger partial charge in [-0.25, -0.2) is 0 Å². The third kappa shape index (κ3) is 5.26.